The van der Waals surface area contributed by atoms with Crippen molar-refractivity contribution in [3.8, 4) is 0 Å². The molecule has 2 heterocycles. The first-order valence-electron chi connectivity index (χ1n) is 8.13. The van der Waals surface area contributed by atoms with Gasteiger partial charge in [-0.25, -0.2) is 0 Å². The first-order valence-corrected chi connectivity index (χ1v) is 9.32. The number of amides is 1. The maximum atomic E-state index is 12.7. The van der Waals surface area contributed by atoms with E-state index in [1.807, 2.05) is 42.5 Å². The van der Waals surface area contributed by atoms with Crippen LogP contribution in [-0.2, 0) is 4.74 Å². The molecule has 3 aromatic rings. The Labute approximate surface area is 155 Å². The molecule has 1 aliphatic rings. The zero-order valence-electron chi connectivity index (χ0n) is 13.5. The molecule has 1 aromatic heterocycles. The van der Waals surface area contributed by atoms with Gasteiger partial charge in [0.05, 0.1) is 29.5 Å². The molecule has 4 rings (SSSR count). The summed E-state index contributed by atoms with van der Waals surface area (Å²) in [6.07, 6.45) is 0. The maximum absolute atomic E-state index is 12.7. The van der Waals surface area contributed by atoms with Gasteiger partial charge in [-0.2, -0.15) is 0 Å². The number of rotatable bonds is 3. The van der Waals surface area contributed by atoms with Gasteiger partial charge in [0.1, 0.15) is 0 Å². The molecule has 0 atom stereocenters. The maximum Gasteiger partial charge on any atom is 0.265 e. The van der Waals surface area contributed by atoms with Crippen LogP contribution >= 0.6 is 22.9 Å². The third kappa shape index (κ3) is 3.49. The summed E-state index contributed by atoms with van der Waals surface area (Å²) in [4.78, 5) is 15.6. The summed E-state index contributed by atoms with van der Waals surface area (Å²) in [5, 5.41) is 4.71. The number of hydrogen-bond donors (Lipinski definition) is 1. The lowest BCUT2D eigenvalue weighted by Gasteiger charge is -2.30. The predicted molar refractivity (Wildman–Crippen MR) is 104 cm³/mol. The molecule has 0 bridgehead atoms. The molecule has 1 amide bonds. The van der Waals surface area contributed by atoms with E-state index in [2.05, 4.69) is 10.2 Å². The fraction of sp³-hybridized carbons (Fsp3) is 0.211. The fourth-order valence-electron chi connectivity index (χ4n) is 2.97. The normalized spacial score (nSPS) is 14.7. The number of carbonyl (C=O) groups excluding carboxylic acids is 1. The second-order valence-corrected chi connectivity index (χ2v) is 7.38. The number of halogens is 1. The number of nitrogens with zero attached hydrogens (tertiary/aromatic N) is 1. The molecule has 0 saturated carbocycles. The van der Waals surface area contributed by atoms with Crippen LogP contribution in [0.5, 0.6) is 0 Å². The minimum absolute atomic E-state index is 0.113. The third-order valence-electron chi connectivity index (χ3n) is 4.21. The highest BCUT2D eigenvalue weighted by Crippen LogP contribution is 2.32. The van der Waals surface area contributed by atoms with Crippen LogP contribution in [0, 0.1) is 0 Å². The Kier molecular flexibility index (Phi) is 4.61. The SMILES string of the molecule is O=C(Nc1cc(Cl)ccc1N1CCOCC1)c1cc2ccccc2s1. The van der Waals surface area contributed by atoms with Gasteiger partial charge in [0, 0.05) is 22.8 Å². The second kappa shape index (κ2) is 7.04. The number of morpholine rings is 1. The van der Waals surface area contributed by atoms with Crippen LogP contribution in [0.15, 0.2) is 48.5 Å². The molecular formula is C19H17ClN2O2S. The van der Waals surface area contributed by atoms with Crippen molar-refractivity contribution in [3.05, 3.63) is 58.4 Å². The number of ether oxygens (including phenoxy) is 1. The molecule has 25 heavy (non-hydrogen) atoms. The molecule has 0 aliphatic carbocycles. The lowest BCUT2D eigenvalue weighted by molar-refractivity contribution is 0.103. The molecule has 128 valence electrons. The van der Waals surface area contributed by atoms with E-state index in [1.165, 1.54) is 11.3 Å². The number of carbonyl (C=O) groups is 1. The topological polar surface area (TPSA) is 41.6 Å². The number of thiophene rings is 1. The number of anilines is 2. The van der Waals surface area contributed by atoms with E-state index in [0.29, 0.717) is 23.1 Å². The summed E-state index contributed by atoms with van der Waals surface area (Å²) in [7, 11) is 0. The van der Waals surface area contributed by atoms with Gasteiger partial charge in [-0.15, -0.1) is 11.3 Å². The van der Waals surface area contributed by atoms with Crippen molar-refractivity contribution >= 4 is 50.3 Å². The molecule has 1 N–H and O–H groups in total. The quantitative estimate of drug-likeness (QED) is 0.728. The van der Waals surface area contributed by atoms with Gasteiger partial charge in [0.2, 0.25) is 0 Å². The zero-order chi connectivity index (χ0) is 17.2. The van der Waals surface area contributed by atoms with Crippen molar-refractivity contribution in [3.63, 3.8) is 0 Å². The lowest BCUT2D eigenvalue weighted by atomic mass is 10.2. The van der Waals surface area contributed by atoms with Crippen molar-refractivity contribution in [1.82, 2.24) is 0 Å². The van der Waals surface area contributed by atoms with Gasteiger partial charge in [-0.3, -0.25) is 4.79 Å². The van der Waals surface area contributed by atoms with Crippen LogP contribution < -0.4 is 10.2 Å². The van der Waals surface area contributed by atoms with E-state index in [-0.39, 0.29) is 5.91 Å². The standard InChI is InChI=1S/C19H17ClN2O2S/c20-14-5-6-16(22-7-9-24-10-8-22)15(12-14)21-19(23)18-11-13-3-1-2-4-17(13)25-18/h1-6,11-12H,7-10H2,(H,21,23). The van der Waals surface area contributed by atoms with Crippen LogP contribution in [0.1, 0.15) is 9.67 Å². The van der Waals surface area contributed by atoms with Crippen LogP contribution in [0.25, 0.3) is 10.1 Å². The average Bonchev–Trinajstić information content (AvgIpc) is 3.07. The summed E-state index contributed by atoms with van der Waals surface area (Å²) in [6.45, 7) is 2.97. The first-order chi connectivity index (χ1) is 12.2. The number of nitrogens with one attached hydrogen (secondary N) is 1. The van der Waals surface area contributed by atoms with Crippen LogP contribution in [0.4, 0.5) is 11.4 Å². The average molecular weight is 373 g/mol. The summed E-state index contributed by atoms with van der Waals surface area (Å²) in [5.74, 6) is -0.113. The summed E-state index contributed by atoms with van der Waals surface area (Å²) in [6, 6.07) is 15.5. The number of hydrogen-bond acceptors (Lipinski definition) is 4. The monoisotopic (exact) mass is 372 g/mol. The Morgan fingerprint density at radius 2 is 1.92 bits per heavy atom. The minimum atomic E-state index is -0.113. The Hall–Kier alpha value is -2.08. The molecule has 1 saturated heterocycles. The highest BCUT2D eigenvalue weighted by molar-refractivity contribution is 7.20. The van der Waals surface area contributed by atoms with Crippen LogP contribution in [0.2, 0.25) is 5.02 Å². The Bertz CT molecular complexity index is 886. The van der Waals surface area contributed by atoms with Gasteiger partial charge in [-0.05, 0) is 35.7 Å². The summed E-state index contributed by atoms with van der Waals surface area (Å²) >= 11 is 7.65. The highest BCUT2D eigenvalue weighted by atomic mass is 35.5. The van der Waals surface area contributed by atoms with Crippen molar-refractivity contribution in [1.29, 1.82) is 0 Å². The molecule has 2 aromatic carbocycles. The van der Waals surface area contributed by atoms with E-state index in [0.717, 1.165) is 34.6 Å². The van der Waals surface area contributed by atoms with Crippen molar-refractivity contribution < 1.29 is 9.53 Å². The van der Waals surface area contributed by atoms with Crippen molar-refractivity contribution in [2.45, 2.75) is 0 Å². The zero-order valence-corrected chi connectivity index (χ0v) is 15.1. The van der Waals surface area contributed by atoms with E-state index in [1.54, 1.807) is 6.07 Å². The molecule has 0 spiro atoms. The Balaban J connectivity index is 1.62. The first kappa shape index (κ1) is 16.4. The Morgan fingerprint density at radius 3 is 2.72 bits per heavy atom. The van der Waals surface area contributed by atoms with E-state index in [9.17, 15) is 4.79 Å². The van der Waals surface area contributed by atoms with Gasteiger partial charge in [-0.1, -0.05) is 29.8 Å². The molecule has 4 nitrogen and oxygen atoms in total. The van der Waals surface area contributed by atoms with Crippen LogP contribution in [-0.4, -0.2) is 32.2 Å². The second-order valence-electron chi connectivity index (χ2n) is 5.86. The van der Waals surface area contributed by atoms with E-state index < -0.39 is 0 Å². The van der Waals surface area contributed by atoms with Gasteiger partial charge >= 0.3 is 0 Å². The Morgan fingerprint density at radius 1 is 1.12 bits per heavy atom. The molecular weight excluding hydrogens is 356 g/mol. The fourth-order valence-corrected chi connectivity index (χ4v) is 4.10. The summed E-state index contributed by atoms with van der Waals surface area (Å²) in [5.41, 5.74) is 1.71. The number of fused-ring (bicyclic) bond motifs is 1. The molecule has 0 radical (unpaired) electrons. The summed E-state index contributed by atoms with van der Waals surface area (Å²) < 4.78 is 6.52. The van der Waals surface area contributed by atoms with Gasteiger partial charge < -0.3 is 15.0 Å². The minimum Gasteiger partial charge on any atom is -0.378 e. The third-order valence-corrected chi connectivity index (χ3v) is 5.56. The number of benzene rings is 2. The van der Waals surface area contributed by atoms with Crippen molar-refractivity contribution in [2.24, 2.45) is 0 Å². The molecule has 6 heteroatoms. The molecule has 1 aliphatic heterocycles. The van der Waals surface area contributed by atoms with E-state index in [4.69, 9.17) is 16.3 Å². The van der Waals surface area contributed by atoms with Gasteiger partial charge in [0.15, 0.2) is 0 Å². The van der Waals surface area contributed by atoms with E-state index >= 15 is 0 Å². The molecule has 0 unspecified atom stereocenters. The smallest absolute Gasteiger partial charge is 0.265 e. The predicted octanol–water partition coefficient (Wildman–Crippen LogP) is 4.64. The lowest BCUT2D eigenvalue weighted by Crippen LogP contribution is -2.36. The largest absolute Gasteiger partial charge is 0.378 e. The van der Waals surface area contributed by atoms with Crippen LogP contribution in [0.3, 0.4) is 0 Å². The van der Waals surface area contributed by atoms with Gasteiger partial charge in [0.25, 0.3) is 5.91 Å². The highest BCUT2D eigenvalue weighted by Gasteiger charge is 2.18. The van der Waals surface area contributed by atoms with Crippen molar-refractivity contribution in [2.75, 3.05) is 36.5 Å². The molecule has 1 fully saturated rings.